The van der Waals surface area contributed by atoms with Crippen LogP contribution in [0.3, 0.4) is 0 Å². The maximum Gasteiger partial charge on any atom is 0.272 e. The number of hydrazone groups is 1. The summed E-state index contributed by atoms with van der Waals surface area (Å²) in [6.45, 7) is 1.82. The maximum atomic E-state index is 12.6. The highest BCUT2D eigenvalue weighted by atomic mass is 32.1. The van der Waals surface area contributed by atoms with Gasteiger partial charge in [0.05, 0.1) is 10.6 Å². The first-order chi connectivity index (χ1) is 14.6. The largest absolute Gasteiger partial charge is 0.321 e. The summed E-state index contributed by atoms with van der Waals surface area (Å²) in [5, 5.41) is 10.9. The molecule has 0 fully saturated rings. The zero-order valence-electron chi connectivity index (χ0n) is 16.3. The molecule has 3 aromatic carbocycles. The smallest absolute Gasteiger partial charge is 0.272 e. The lowest BCUT2D eigenvalue weighted by atomic mass is 10.0. The minimum Gasteiger partial charge on any atom is -0.321 e. The molecule has 1 heterocycles. The molecule has 0 spiro atoms. The van der Waals surface area contributed by atoms with E-state index in [9.17, 15) is 9.59 Å². The van der Waals surface area contributed by atoms with Gasteiger partial charge in [0, 0.05) is 11.3 Å². The summed E-state index contributed by atoms with van der Waals surface area (Å²) >= 11 is 1.39. The monoisotopic (exact) mass is 413 g/mol. The first kappa shape index (κ1) is 19.5. The second-order valence-corrected chi connectivity index (χ2v) is 7.62. The van der Waals surface area contributed by atoms with Gasteiger partial charge < -0.3 is 5.32 Å². The molecule has 0 aliphatic heterocycles. The Kier molecular flexibility index (Phi) is 5.68. The van der Waals surface area contributed by atoms with Crippen LogP contribution in [0.25, 0.3) is 10.8 Å². The van der Waals surface area contributed by atoms with E-state index >= 15 is 0 Å². The van der Waals surface area contributed by atoms with Gasteiger partial charge in [-0.2, -0.15) is 5.10 Å². The summed E-state index contributed by atoms with van der Waals surface area (Å²) in [4.78, 5) is 25.4. The minimum atomic E-state index is -0.258. The molecule has 0 unspecified atom stereocenters. The van der Waals surface area contributed by atoms with Crippen molar-refractivity contribution in [3.05, 3.63) is 100 Å². The summed E-state index contributed by atoms with van der Waals surface area (Å²) in [5.74, 6) is -0.392. The highest BCUT2D eigenvalue weighted by molar-refractivity contribution is 7.12. The van der Waals surface area contributed by atoms with Crippen molar-refractivity contribution in [3.63, 3.8) is 0 Å². The Hall–Kier alpha value is -3.77. The van der Waals surface area contributed by atoms with Crippen LogP contribution in [0, 0.1) is 0 Å². The average molecular weight is 414 g/mol. The predicted octanol–water partition coefficient (Wildman–Crippen LogP) is 5.31. The van der Waals surface area contributed by atoms with Crippen LogP contribution in [-0.2, 0) is 0 Å². The zero-order valence-corrected chi connectivity index (χ0v) is 17.1. The molecule has 0 saturated carbocycles. The van der Waals surface area contributed by atoms with E-state index in [2.05, 4.69) is 15.8 Å². The van der Waals surface area contributed by atoms with Gasteiger partial charge in [0.25, 0.3) is 11.8 Å². The van der Waals surface area contributed by atoms with Crippen molar-refractivity contribution >= 4 is 45.3 Å². The molecule has 5 nitrogen and oxygen atoms in total. The van der Waals surface area contributed by atoms with Gasteiger partial charge in [0.2, 0.25) is 0 Å². The van der Waals surface area contributed by atoms with E-state index in [4.69, 9.17) is 0 Å². The molecular formula is C24H19N3O2S. The third kappa shape index (κ3) is 4.29. The van der Waals surface area contributed by atoms with Crippen LogP contribution >= 0.6 is 11.3 Å². The molecule has 2 amide bonds. The number of thiophene rings is 1. The molecule has 0 bridgehead atoms. The minimum absolute atomic E-state index is 0.134. The van der Waals surface area contributed by atoms with Gasteiger partial charge in [-0.3, -0.25) is 9.59 Å². The molecule has 4 rings (SSSR count). The van der Waals surface area contributed by atoms with E-state index in [1.54, 1.807) is 12.1 Å². The first-order valence-corrected chi connectivity index (χ1v) is 10.3. The number of hydrogen-bond acceptors (Lipinski definition) is 4. The van der Waals surface area contributed by atoms with E-state index in [1.165, 1.54) is 11.3 Å². The number of anilines is 1. The van der Waals surface area contributed by atoms with Gasteiger partial charge in [-0.1, -0.05) is 54.6 Å². The van der Waals surface area contributed by atoms with Crippen LogP contribution in [-0.4, -0.2) is 17.5 Å². The van der Waals surface area contributed by atoms with E-state index in [0.29, 0.717) is 21.8 Å². The maximum absolute atomic E-state index is 12.6. The number of carbonyl (C=O) groups excluding carboxylic acids is 2. The van der Waals surface area contributed by atoms with E-state index in [0.717, 1.165) is 16.3 Å². The molecule has 4 aromatic rings. The number of carbonyl (C=O) groups is 2. The number of amides is 2. The number of rotatable bonds is 5. The highest BCUT2D eigenvalue weighted by Gasteiger charge is 2.10. The number of nitrogens with one attached hydrogen (secondary N) is 2. The topological polar surface area (TPSA) is 70.6 Å². The fraction of sp³-hybridized carbons (Fsp3) is 0.0417. The Bertz CT molecular complexity index is 1220. The molecule has 2 N–H and O–H groups in total. The molecular weight excluding hydrogens is 394 g/mol. The number of fused-ring (bicyclic) bond motifs is 1. The van der Waals surface area contributed by atoms with Gasteiger partial charge in [-0.15, -0.1) is 11.3 Å². The Labute approximate surface area is 178 Å². The van der Waals surface area contributed by atoms with Crippen LogP contribution < -0.4 is 10.7 Å². The number of benzene rings is 3. The lowest BCUT2D eigenvalue weighted by Gasteiger charge is -2.07. The Balaban J connectivity index is 1.44. The Morgan fingerprint density at radius 3 is 2.37 bits per heavy atom. The van der Waals surface area contributed by atoms with Crippen LogP contribution in [0.1, 0.15) is 32.5 Å². The summed E-state index contributed by atoms with van der Waals surface area (Å²) in [6, 6.07) is 24.3. The standard InChI is InChI=1S/C24H19N3O2S/c1-16(17-11-13-19(14-12-17)25-24(29)22-10-5-15-30-22)26-27-23(28)21-9-4-7-18-6-2-3-8-20(18)21/h2-15H,1H3,(H,25,29)(H,27,28)/b26-16+. The van der Waals surface area contributed by atoms with E-state index in [-0.39, 0.29) is 11.8 Å². The Morgan fingerprint density at radius 1 is 0.833 bits per heavy atom. The fourth-order valence-corrected chi connectivity index (χ4v) is 3.70. The highest BCUT2D eigenvalue weighted by Crippen LogP contribution is 2.18. The second kappa shape index (κ2) is 8.71. The van der Waals surface area contributed by atoms with Crippen molar-refractivity contribution in [1.82, 2.24) is 5.43 Å². The first-order valence-electron chi connectivity index (χ1n) is 9.39. The van der Waals surface area contributed by atoms with Crippen LogP contribution in [0.2, 0.25) is 0 Å². The second-order valence-electron chi connectivity index (χ2n) is 6.67. The number of hydrogen-bond donors (Lipinski definition) is 2. The predicted molar refractivity (Wildman–Crippen MR) is 122 cm³/mol. The number of nitrogens with zero attached hydrogens (tertiary/aromatic N) is 1. The summed E-state index contributed by atoms with van der Waals surface area (Å²) < 4.78 is 0. The van der Waals surface area contributed by atoms with Gasteiger partial charge in [0.1, 0.15) is 0 Å². The van der Waals surface area contributed by atoms with Crippen molar-refractivity contribution in [1.29, 1.82) is 0 Å². The van der Waals surface area contributed by atoms with Crippen molar-refractivity contribution in [2.24, 2.45) is 5.10 Å². The van der Waals surface area contributed by atoms with Gasteiger partial charge in [0.15, 0.2) is 0 Å². The lowest BCUT2D eigenvalue weighted by Crippen LogP contribution is -2.19. The molecule has 0 aliphatic rings. The zero-order chi connectivity index (χ0) is 20.9. The van der Waals surface area contributed by atoms with Crippen molar-refractivity contribution < 1.29 is 9.59 Å². The fourth-order valence-electron chi connectivity index (χ4n) is 3.08. The summed E-state index contributed by atoms with van der Waals surface area (Å²) in [5.41, 5.74) is 5.43. The molecule has 30 heavy (non-hydrogen) atoms. The van der Waals surface area contributed by atoms with Crippen LogP contribution in [0.15, 0.2) is 89.3 Å². The molecule has 0 saturated heterocycles. The summed E-state index contributed by atoms with van der Waals surface area (Å²) in [7, 11) is 0. The average Bonchev–Trinajstić information content (AvgIpc) is 3.32. The molecule has 1 aromatic heterocycles. The third-order valence-corrected chi connectivity index (χ3v) is 5.53. The van der Waals surface area contributed by atoms with Crippen LogP contribution in [0.4, 0.5) is 5.69 Å². The summed E-state index contributed by atoms with van der Waals surface area (Å²) in [6.07, 6.45) is 0. The molecule has 0 atom stereocenters. The Morgan fingerprint density at radius 2 is 1.60 bits per heavy atom. The van der Waals surface area contributed by atoms with Gasteiger partial charge in [-0.25, -0.2) is 5.43 Å². The van der Waals surface area contributed by atoms with Crippen LogP contribution in [0.5, 0.6) is 0 Å². The molecule has 0 aliphatic carbocycles. The van der Waals surface area contributed by atoms with Gasteiger partial charge >= 0.3 is 0 Å². The SMILES string of the molecule is C/C(=N\NC(=O)c1cccc2ccccc12)c1ccc(NC(=O)c2cccs2)cc1. The van der Waals surface area contributed by atoms with Gasteiger partial charge in [-0.05, 0) is 52.9 Å². The lowest BCUT2D eigenvalue weighted by molar-refractivity contribution is 0.0955. The van der Waals surface area contributed by atoms with Crippen molar-refractivity contribution in [3.8, 4) is 0 Å². The van der Waals surface area contributed by atoms with E-state index < -0.39 is 0 Å². The molecule has 148 valence electrons. The molecule has 6 heteroatoms. The normalized spacial score (nSPS) is 11.3. The van der Waals surface area contributed by atoms with Crippen molar-refractivity contribution in [2.75, 3.05) is 5.32 Å². The van der Waals surface area contributed by atoms with E-state index in [1.807, 2.05) is 79.0 Å². The third-order valence-electron chi connectivity index (χ3n) is 4.66. The molecule has 0 radical (unpaired) electrons. The quantitative estimate of drug-likeness (QED) is 0.344. The van der Waals surface area contributed by atoms with Crippen molar-refractivity contribution in [2.45, 2.75) is 6.92 Å².